The molecule has 2 rings (SSSR count). The lowest BCUT2D eigenvalue weighted by molar-refractivity contribution is -0.141. The van der Waals surface area contributed by atoms with Gasteiger partial charge < -0.3 is 20.1 Å². The minimum absolute atomic E-state index is 0.167. The highest BCUT2D eigenvalue weighted by atomic mass is 35.5. The van der Waals surface area contributed by atoms with E-state index in [2.05, 4.69) is 0 Å². The second-order valence-corrected chi connectivity index (χ2v) is 9.00. The smallest absolute Gasteiger partial charge is 0.340 e. The van der Waals surface area contributed by atoms with Crippen LogP contribution in [0.15, 0.2) is 36.4 Å². The van der Waals surface area contributed by atoms with Crippen LogP contribution in [-0.4, -0.2) is 42.0 Å². The zero-order chi connectivity index (χ0) is 24.2. The van der Waals surface area contributed by atoms with Gasteiger partial charge in [-0.3, -0.25) is 9.59 Å². The minimum atomic E-state index is -0.672. The van der Waals surface area contributed by atoms with Gasteiger partial charge in [-0.2, -0.15) is 0 Å². The maximum absolute atomic E-state index is 13.2. The summed E-state index contributed by atoms with van der Waals surface area (Å²) in [6.07, 6.45) is 0. The molecule has 0 aliphatic rings. The van der Waals surface area contributed by atoms with E-state index in [1.54, 1.807) is 45.9 Å². The Labute approximate surface area is 197 Å². The molecule has 1 unspecified atom stereocenters. The van der Waals surface area contributed by atoms with Gasteiger partial charge in [0.2, 0.25) is 0 Å². The maximum atomic E-state index is 13.2. The van der Waals surface area contributed by atoms with Crippen LogP contribution in [0.5, 0.6) is 0 Å². The number of esters is 2. The van der Waals surface area contributed by atoms with Crippen LogP contribution in [0.4, 0.5) is 5.69 Å². The van der Waals surface area contributed by atoms with Gasteiger partial charge in [0.1, 0.15) is 12.1 Å². The van der Waals surface area contributed by atoms with E-state index in [-0.39, 0.29) is 28.4 Å². The molecule has 7 nitrogen and oxygen atoms in total. The van der Waals surface area contributed by atoms with Crippen molar-refractivity contribution in [2.24, 2.45) is 0 Å². The second-order valence-electron chi connectivity index (χ2n) is 8.16. The molecule has 0 radical (unpaired) electrons. The number of rotatable bonds is 6. The van der Waals surface area contributed by atoms with Gasteiger partial charge in [0.25, 0.3) is 5.91 Å². The van der Waals surface area contributed by atoms with Crippen molar-refractivity contribution in [3.8, 4) is 0 Å². The molecule has 2 N–H and O–H groups in total. The van der Waals surface area contributed by atoms with Crippen molar-refractivity contribution in [2.45, 2.75) is 39.3 Å². The fourth-order valence-electron chi connectivity index (χ4n) is 2.94. The zero-order valence-electron chi connectivity index (χ0n) is 18.6. The van der Waals surface area contributed by atoms with Gasteiger partial charge >= 0.3 is 11.9 Å². The Bertz CT molecular complexity index is 1030. The molecule has 0 heterocycles. The summed E-state index contributed by atoms with van der Waals surface area (Å²) in [4.78, 5) is 39.0. The summed E-state index contributed by atoms with van der Waals surface area (Å²) in [5.41, 5.74) is 6.48. The molecule has 2 aromatic carbocycles. The third-order valence-corrected chi connectivity index (χ3v) is 5.14. The molecule has 9 heteroatoms. The Morgan fingerprint density at radius 3 is 2.22 bits per heavy atom. The van der Waals surface area contributed by atoms with Crippen LogP contribution in [0.2, 0.25) is 10.0 Å². The van der Waals surface area contributed by atoms with Gasteiger partial charge in [0, 0.05) is 10.7 Å². The van der Waals surface area contributed by atoms with Crippen molar-refractivity contribution >= 4 is 46.7 Å². The number of amides is 1. The minimum Gasteiger partial charge on any atom is -0.468 e. The topological polar surface area (TPSA) is 98.9 Å². The second kappa shape index (κ2) is 10.2. The first-order valence-corrected chi connectivity index (χ1v) is 10.5. The summed E-state index contributed by atoms with van der Waals surface area (Å²) < 4.78 is 10.1. The average Bonchev–Trinajstić information content (AvgIpc) is 2.69. The standard InChI is InChI=1S/C23H26Cl2N2O5/c1-13(14-6-8-16(18(25)10-14)22(30)32-23(2,3)4)27(12-20(28)31-5)21(29)17-9-7-15(24)11-19(17)26/h6-11,13H,12,26H2,1-5H3. The molecule has 1 atom stereocenters. The third-order valence-electron chi connectivity index (χ3n) is 4.59. The van der Waals surface area contributed by atoms with Gasteiger partial charge in [-0.15, -0.1) is 0 Å². The maximum Gasteiger partial charge on any atom is 0.340 e. The number of nitrogens with zero attached hydrogens (tertiary/aromatic N) is 1. The quantitative estimate of drug-likeness (QED) is 0.465. The highest BCUT2D eigenvalue weighted by Crippen LogP contribution is 2.29. The fraction of sp³-hybridized carbons (Fsp3) is 0.348. The van der Waals surface area contributed by atoms with E-state index in [9.17, 15) is 14.4 Å². The number of carbonyl (C=O) groups is 3. The Morgan fingerprint density at radius 1 is 1.06 bits per heavy atom. The van der Waals surface area contributed by atoms with E-state index in [4.69, 9.17) is 38.4 Å². The molecule has 172 valence electrons. The SMILES string of the molecule is COC(=O)CN(C(=O)c1ccc(Cl)cc1N)C(C)c1ccc(C(=O)OC(C)(C)C)c(Cl)c1. The Kier molecular flexibility index (Phi) is 8.15. The first-order valence-electron chi connectivity index (χ1n) is 9.79. The summed E-state index contributed by atoms with van der Waals surface area (Å²) in [6, 6.07) is 8.64. The number of methoxy groups -OCH3 is 1. The van der Waals surface area contributed by atoms with Crippen LogP contribution in [0.25, 0.3) is 0 Å². The summed E-state index contributed by atoms with van der Waals surface area (Å²) in [5.74, 6) is -1.64. The van der Waals surface area contributed by atoms with Crippen LogP contribution in [0, 0.1) is 0 Å². The molecule has 0 aliphatic heterocycles. The number of nitrogen functional groups attached to an aromatic ring is 1. The Balaban J connectivity index is 2.40. The highest BCUT2D eigenvalue weighted by molar-refractivity contribution is 6.33. The third kappa shape index (κ3) is 6.37. The molecule has 32 heavy (non-hydrogen) atoms. The molecule has 0 spiro atoms. The van der Waals surface area contributed by atoms with Crippen LogP contribution in [0.1, 0.15) is 60.0 Å². The molecule has 0 saturated carbocycles. The van der Waals surface area contributed by atoms with Crippen molar-refractivity contribution in [1.29, 1.82) is 0 Å². The van der Waals surface area contributed by atoms with Crippen molar-refractivity contribution in [2.75, 3.05) is 19.4 Å². The van der Waals surface area contributed by atoms with Gasteiger partial charge in [0.15, 0.2) is 0 Å². The first-order chi connectivity index (χ1) is 14.8. The molecule has 0 saturated heterocycles. The number of hydrogen-bond acceptors (Lipinski definition) is 6. The van der Waals surface area contributed by atoms with Crippen LogP contribution in [0.3, 0.4) is 0 Å². The number of carbonyl (C=O) groups excluding carboxylic acids is 3. The lowest BCUT2D eigenvalue weighted by Gasteiger charge is -2.29. The Hall–Kier alpha value is -2.77. The predicted octanol–water partition coefficient (Wildman–Crippen LogP) is 4.91. The van der Waals surface area contributed by atoms with Crippen LogP contribution >= 0.6 is 23.2 Å². The largest absolute Gasteiger partial charge is 0.468 e. The van der Waals surface area contributed by atoms with E-state index < -0.39 is 29.5 Å². The summed E-state index contributed by atoms with van der Waals surface area (Å²) in [5, 5.41) is 0.552. The summed E-state index contributed by atoms with van der Waals surface area (Å²) in [6.45, 7) is 6.69. The monoisotopic (exact) mass is 480 g/mol. The Morgan fingerprint density at radius 2 is 1.69 bits per heavy atom. The van der Waals surface area contributed by atoms with Crippen LogP contribution in [-0.2, 0) is 14.3 Å². The summed E-state index contributed by atoms with van der Waals surface area (Å²) in [7, 11) is 1.23. The molecule has 2 aromatic rings. The van der Waals surface area contributed by atoms with Crippen molar-refractivity contribution in [3.63, 3.8) is 0 Å². The van der Waals surface area contributed by atoms with E-state index in [1.807, 2.05) is 0 Å². The number of benzene rings is 2. The van der Waals surface area contributed by atoms with Gasteiger partial charge in [-0.25, -0.2) is 4.79 Å². The van der Waals surface area contributed by atoms with E-state index in [0.29, 0.717) is 10.6 Å². The molecule has 0 aromatic heterocycles. The van der Waals surface area contributed by atoms with Crippen molar-refractivity contribution in [1.82, 2.24) is 4.90 Å². The predicted molar refractivity (Wildman–Crippen MR) is 124 cm³/mol. The first kappa shape index (κ1) is 25.5. The van der Waals surface area contributed by atoms with Crippen LogP contribution < -0.4 is 5.73 Å². The number of hydrogen-bond donors (Lipinski definition) is 1. The average molecular weight is 481 g/mol. The molecular formula is C23H26Cl2N2O5. The normalized spacial score (nSPS) is 12.1. The number of anilines is 1. The number of nitrogens with two attached hydrogens (primary N) is 1. The van der Waals surface area contributed by atoms with E-state index in [0.717, 1.165) is 0 Å². The van der Waals surface area contributed by atoms with Crippen molar-refractivity contribution in [3.05, 3.63) is 63.1 Å². The fourth-order valence-corrected chi connectivity index (χ4v) is 3.39. The molecular weight excluding hydrogens is 455 g/mol. The van der Waals surface area contributed by atoms with E-state index >= 15 is 0 Å². The molecule has 1 amide bonds. The van der Waals surface area contributed by atoms with Gasteiger partial charge in [0.05, 0.1) is 29.3 Å². The highest BCUT2D eigenvalue weighted by Gasteiger charge is 2.28. The number of halogens is 2. The van der Waals surface area contributed by atoms with Gasteiger partial charge in [-0.1, -0.05) is 29.3 Å². The van der Waals surface area contributed by atoms with Crippen molar-refractivity contribution < 1.29 is 23.9 Å². The molecule has 0 aliphatic carbocycles. The lowest BCUT2D eigenvalue weighted by Crippen LogP contribution is -2.38. The number of ether oxygens (including phenoxy) is 2. The van der Waals surface area contributed by atoms with E-state index in [1.165, 1.54) is 30.2 Å². The lowest BCUT2D eigenvalue weighted by atomic mass is 10.0. The molecule has 0 fully saturated rings. The molecule has 0 bridgehead atoms. The summed E-state index contributed by atoms with van der Waals surface area (Å²) >= 11 is 12.3. The zero-order valence-corrected chi connectivity index (χ0v) is 20.1. The van der Waals surface area contributed by atoms with Gasteiger partial charge in [-0.05, 0) is 63.6 Å².